The zero-order valence-electron chi connectivity index (χ0n) is 10.3. The van der Waals surface area contributed by atoms with E-state index in [9.17, 15) is 4.39 Å². The molecular formula is C13H20FNOS. The second-order valence-electron chi connectivity index (χ2n) is 4.40. The Bertz CT molecular complexity index is 331. The first-order chi connectivity index (χ1) is 8.04. The lowest BCUT2D eigenvalue weighted by molar-refractivity contribution is 0.250. The minimum absolute atomic E-state index is 0.105. The molecule has 17 heavy (non-hydrogen) atoms. The molecule has 3 N–H and O–H groups in total. The summed E-state index contributed by atoms with van der Waals surface area (Å²) >= 11 is 1.74. The molecule has 0 radical (unpaired) electrons. The molecule has 4 heteroatoms. The first-order valence-electron chi connectivity index (χ1n) is 5.78. The van der Waals surface area contributed by atoms with Gasteiger partial charge in [0, 0.05) is 17.9 Å². The molecule has 0 spiro atoms. The third-order valence-corrected chi connectivity index (χ3v) is 4.30. The highest BCUT2D eigenvalue weighted by Gasteiger charge is 2.16. The van der Waals surface area contributed by atoms with Gasteiger partial charge in [0.25, 0.3) is 0 Å². The van der Waals surface area contributed by atoms with E-state index >= 15 is 0 Å². The van der Waals surface area contributed by atoms with E-state index in [1.807, 2.05) is 6.92 Å². The van der Waals surface area contributed by atoms with Gasteiger partial charge in [-0.05, 0) is 29.4 Å². The molecule has 0 bridgehead atoms. The summed E-state index contributed by atoms with van der Waals surface area (Å²) in [5, 5.41) is 9.19. The third-order valence-electron chi connectivity index (χ3n) is 2.72. The van der Waals surface area contributed by atoms with Crippen molar-refractivity contribution in [1.29, 1.82) is 0 Å². The number of hydrogen-bond acceptors (Lipinski definition) is 3. The third kappa shape index (κ3) is 4.66. The first kappa shape index (κ1) is 14.5. The van der Waals surface area contributed by atoms with Crippen molar-refractivity contribution in [3.63, 3.8) is 0 Å². The quantitative estimate of drug-likeness (QED) is 0.823. The van der Waals surface area contributed by atoms with Crippen molar-refractivity contribution in [2.45, 2.75) is 25.1 Å². The van der Waals surface area contributed by atoms with Crippen LogP contribution >= 0.6 is 11.8 Å². The fourth-order valence-electron chi connectivity index (χ4n) is 1.43. The number of thioether (sulfide) groups is 1. The van der Waals surface area contributed by atoms with Crippen LogP contribution in [0.5, 0.6) is 0 Å². The minimum atomic E-state index is -0.241. The monoisotopic (exact) mass is 257 g/mol. The molecule has 1 rings (SSSR count). The van der Waals surface area contributed by atoms with Gasteiger partial charge in [0.15, 0.2) is 0 Å². The smallest absolute Gasteiger partial charge is 0.123 e. The van der Waals surface area contributed by atoms with Gasteiger partial charge in [-0.25, -0.2) is 4.39 Å². The molecule has 0 saturated heterocycles. The molecular weight excluding hydrogens is 237 g/mol. The fraction of sp³-hybridized carbons (Fsp3) is 0.538. The Hall–Kier alpha value is -0.580. The number of nitrogens with two attached hydrogens (primary N) is 1. The SMILES string of the molecule is CC(CO)CSC(C)C(N)c1ccc(F)cc1. The van der Waals surface area contributed by atoms with Gasteiger partial charge in [-0.15, -0.1) is 0 Å². The summed E-state index contributed by atoms with van der Waals surface area (Å²) in [4.78, 5) is 0. The molecule has 0 saturated carbocycles. The van der Waals surface area contributed by atoms with Gasteiger partial charge < -0.3 is 10.8 Å². The van der Waals surface area contributed by atoms with Crippen molar-refractivity contribution in [3.8, 4) is 0 Å². The molecule has 96 valence electrons. The van der Waals surface area contributed by atoms with Crippen molar-refractivity contribution in [2.75, 3.05) is 12.4 Å². The summed E-state index contributed by atoms with van der Waals surface area (Å²) in [5.74, 6) is 0.921. The Morgan fingerprint density at radius 1 is 1.29 bits per heavy atom. The standard InChI is InChI=1S/C13H20FNOS/c1-9(7-16)8-17-10(2)13(15)11-3-5-12(14)6-4-11/h3-6,9-10,13,16H,7-8,15H2,1-2H3. The number of aliphatic hydroxyl groups is 1. The largest absolute Gasteiger partial charge is 0.396 e. The van der Waals surface area contributed by atoms with Crippen molar-refractivity contribution in [1.82, 2.24) is 0 Å². The van der Waals surface area contributed by atoms with Gasteiger partial charge in [0.1, 0.15) is 5.82 Å². The Morgan fingerprint density at radius 2 is 1.88 bits per heavy atom. The maximum absolute atomic E-state index is 12.8. The van der Waals surface area contributed by atoms with Gasteiger partial charge in [-0.2, -0.15) is 11.8 Å². The van der Waals surface area contributed by atoms with E-state index in [1.54, 1.807) is 23.9 Å². The first-order valence-corrected chi connectivity index (χ1v) is 6.83. The van der Waals surface area contributed by atoms with Crippen LogP contribution in [0.15, 0.2) is 24.3 Å². The van der Waals surface area contributed by atoms with Crippen LogP contribution < -0.4 is 5.73 Å². The average Bonchev–Trinajstić information content (AvgIpc) is 2.35. The predicted octanol–water partition coefficient (Wildman–Crippen LogP) is 2.58. The van der Waals surface area contributed by atoms with Crippen molar-refractivity contribution >= 4 is 11.8 Å². The van der Waals surface area contributed by atoms with Crippen molar-refractivity contribution in [3.05, 3.63) is 35.6 Å². The van der Waals surface area contributed by atoms with Crippen LogP contribution in [0.1, 0.15) is 25.5 Å². The van der Waals surface area contributed by atoms with Gasteiger partial charge in [-0.3, -0.25) is 0 Å². The highest BCUT2D eigenvalue weighted by molar-refractivity contribution is 7.99. The van der Waals surface area contributed by atoms with Crippen LogP contribution in [0.4, 0.5) is 4.39 Å². The summed E-state index contributed by atoms with van der Waals surface area (Å²) in [7, 11) is 0. The fourth-order valence-corrected chi connectivity index (χ4v) is 2.53. The van der Waals surface area contributed by atoms with Crippen LogP contribution in [0.3, 0.4) is 0 Å². The minimum Gasteiger partial charge on any atom is -0.396 e. The lowest BCUT2D eigenvalue weighted by Crippen LogP contribution is -2.22. The van der Waals surface area contributed by atoms with Gasteiger partial charge in [0.2, 0.25) is 0 Å². The zero-order valence-corrected chi connectivity index (χ0v) is 11.1. The Labute approximate surface area is 106 Å². The van der Waals surface area contributed by atoms with E-state index in [4.69, 9.17) is 10.8 Å². The van der Waals surface area contributed by atoms with E-state index in [0.717, 1.165) is 11.3 Å². The normalized spacial score (nSPS) is 16.5. The van der Waals surface area contributed by atoms with E-state index in [1.165, 1.54) is 12.1 Å². The molecule has 0 amide bonds. The second kappa shape index (κ2) is 6.99. The highest BCUT2D eigenvalue weighted by Crippen LogP contribution is 2.25. The molecule has 3 unspecified atom stereocenters. The lowest BCUT2D eigenvalue weighted by atomic mass is 10.1. The molecule has 3 atom stereocenters. The van der Waals surface area contributed by atoms with Crippen molar-refractivity contribution in [2.24, 2.45) is 11.7 Å². The topological polar surface area (TPSA) is 46.2 Å². The maximum Gasteiger partial charge on any atom is 0.123 e. The number of aliphatic hydroxyl groups excluding tert-OH is 1. The maximum atomic E-state index is 12.8. The molecule has 0 aliphatic heterocycles. The van der Waals surface area contributed by atoms with Gasteiger partial charge >= 0.3 is 0 Å². The molecule has 0 aromatic heterocycles. The highest BCUT2D eigenvalue weighted by atomic mass is 32.2. The Kier molecular flexibility index (Phi) is 5.95. The van der Waals surface area contributed by atoms with E-state index < -0.39 is 0 Å². The molecule has 1 aromatic carbocycles. The van der Waals surface area contributed by atoms with Crippen LogP contribution in [0, 0.1) is 11.7 Å². The zero-order chi connectivity index (χ0) is 12.8. The molecule has 0 fully saturated rings. The lowest BCUT2D eigenvalue weighted by Gasteiger charge is -2.21. The number of rotatable bonds is 6. The summed E-state index contributed by atoms with van der Waals surface area (Å²) in [6, 6.07) is 6.22. The van der Waals surface area contributed by atoms with Crippen LogP contribution in [0.2, 0.25) is 0 Å². The number of hydrogen-bond donors (Lipinski definition) is 2. The molecule has 2 nitrogen and oxygen atoms in total. The summed E-state index contributed by atoms with van der Waals surface area (Å²) in [6.07, 6.45) is 0. The van der Waals surface area contributed by atoms with E-state index in [2.05, 4.69) is 6.92 Å². The molecule has 0 heterocycles. The summed E-state index contributed by atoms with van der Waals surface area (Å²) in [6.45, 7) is 4.26. The van der Waals surface area contributed by atoms with Crippen LogP contribution in [-0.2, 0) is 0 Å². The summed E-state index contributed by atoms with van der Waals surface area (Å²) < 4.78 is 12.8. The average molecular weight is 257 g/mol. The number of halogens is 1. The molecule has 0 aliphatic carbocycles. The van der Waals surface area contributed by atoms with E-state index in [-0.39, 0.29) is 29.6 Å². The van der Waals surface area contributed by atoms with Gasteiger partial charge in [-0.1, -0.05) is 26.0 Å². The van der Waals surface area contributed by atoms with Crippen LogP contribution in [0.25, 0.3) is 0 Å². The Morgan fingerprint density at radius 3 is 2.41 bits per heavy atom. The number of benzene rings is 1. The van der Waals surface area contributed by atoms with Crippen LogP contribution in [-0.4, -0.2) is 22.7 Å². The van der Waals surface area contributed by atoms with Gasteiger partial charge in [0.05, 0.1) is 0 Å². The Balaban J connectivity index is 2.51. The molecule has 1 aromatic rings. The van der Waals surface area contributed by atoms with E-state index in [0.29, 0.717) is 0 Å². The summed E-state index contributed by atoms with van der Waals surface area (Å²) in [5.41, 5.74) is 7.06. The second-order valence-corrected chi connectivity index (χ2v) is 5.81. The predicted molar refractivity (Wildman–Crippen MR) is 71.5 cm³/mol. The molecule has 0 aliphatic rings. The van der Waals surface area contributed by atoms with Crippen molar-refractivity contribution < 1.29 is 9.50 Å².